The minimum Gasteiger partial charge on any atom is -0.361 e. The van der Waals surface area contributed by atoms with Crippen LogP contribution in [0.15, 0.2) is 16.9 Å². The van der Waals surface area contributed by atoms with Crippen LogP contribution in [0, 0.1) is 13.8 Å². The Morgan fingerprint density at radius 2 is 2.26 bits per heavy atom. The van der Waals surface area contributed by atoms with Crippen LogP contribution in [0.25, 0.3) is 0 Å². The second kappa shape index (κ2) is 5.69. The van der Waals surface area contributed by atoms with Gasteiger partial charge in [0, 0.05) is 30.9 Å². The molecule has 0 bridgehead atoms. The first-order valence-electron chi connectivity index (χ1n) is 6.30. The predicted octanol–water partition coefficient (Wildman–Crippen LogP) is 1.37. The molecule has 19 heavy (non-hydrogen) atoms. The molecule has 0 aromatic carbocycles. The van der Waals surface area contributed by atoms with E-state index in [1.807, 2.05) is 31.5 Å². The highest BCUT2D eigenvalue weighted by molar-refractivity contribution is 5.75. The second-order valence-corrected chi connectivity index (χ2v) is 4.40. The number of aromatic nitrogens is 3. The molecule has 0 saturated heterocycles. The predicted molar refractivity (Wildman–Crippen MR) is 69.4 cm³/mol. The van der Waals surface area contributed by atoms with Crippen LogP contribution in [0.5, 0.6) is 0 Å². The van der Waals surface area contributed by atoms with Gasteiger partial charge in [-0.15, -0.1) is 0 Å². The number of carbonyl (C=O) groups is 1. The van der Waals surface area contributed by atoms with E-state index >= 15 is 0 Å². The van der Waals surface area contributed by atoms with Crippen LogP contribution in [0.3, 0.4) is 0 Å². The zero-order chi connectivity index (χ0) is 13.8. The number of nitrogens with one attached hydrogen (secondary N) is 1. The third-order valence-corrected chi connectivity index (χ3v) is 3.08. The summed E-state index contributed by atoms with van der Waals surface area (Å²) >= 11 is 0. The average Bonchev–Trinajstić information content (AvgIpc) is 2.95. The lowest BCUT2D eigenvalue weighted by atomic mass is 10.2. The highest BCUT2D eigenvalue weighted by Gasteiger charge is 2.11. The number of hydrogen-bond donors (Lipinski definition) is 1. The molecule has 2 rings (SSSR count). The fourth-order valence-electron chi connectivity index (χ4n) is 1.95. The molecule has 6 nitrogen and oxygen atoms in total. The van der Waals surface area contributed by atoms with Gasteiger partial charge in [-0.1, -0.05) is 12.1 Å². The summed E-state index contributed by atoms with van der Waals surface area (Å²) < 4.78 is 6.90. The van der Waals surface area contributed by atoms with Crippen molar-refractivity contribution in [1.29, 1.82) is 0 Å². The molecule has 2 aromatic rings. The number of hydrogen-bond acceptors (Lipinski definition) is 4. The third kappa shape index (κ3) is 3.01. The van der Waals surface area contributed by atoms with Gasteiger partial charge in [-0.2, -0.15) is 0 Å². The standard InChI is InChI=1S/C13H18N4O2/c1-4-12-14-5-6-17(12)8-13(18)15-7-11-9(2)16-19-10(11)3/h5-6H,4,7-8H2,1-3H3,(H,15,18). The lowest BCUT2D eigenvalue weighted by Crippen LogP contribution is -2.27. The highest BCUT2D eigenvalue weighted by Crippen LogP contribution is 2.11. The van der Waals surface area contributed by atoms with Gasteiger partial charge in [0.25, 0.3) is 0 Å². The SMILES string of the molecule is CCc1nccn1CC(=O)NCc1c(C)noc1C. The molecule has 0 aliphatic heterocycles. The molecular formula is C13H18N4O2. The van der Waals surface area contributed by atoms with Gasteiger partial charge in [-0.3, -0.25) is 4.79 Å². The van der Waals surface area contributed by atoms with E-state index in [1.165, 1.54) is 0 Å². The molecule has 0 saturated carbocycles. The summed E-state index contributed by atoms with van der Waals surface area (Å²) in [5.74, 6) is 1.61. The Bertz CT molecular complexity index is 551. The zero-order valence-electron chi connectivity index (χ0n) is 11.4. The Balaban J connectivity index is 1.92. The quantitative estimate of drug-likeness (QED) is 0.883. The van der Waals surface area contributed by atoms with E-state index < -0.39 is 0 Å². The van der Waals surface area contributed by atoms with Crippen molar-refractivity contribution in [2.24, 2.45) is 0 Å². The molecule has 0 aliphatic rings. The fraction of sp³-hybridized carbons (Fsp3) is 0.462. The second-order valence-electron chi connectivity index (χ2n) is 4.40. The van der Waals surface area contributed by atoms with Gasteiger partial charge < -0.3 is 14.4 Å². The fourth-order valence-corrected chi connectivity index (χ4v) is 1.95. The molecule has 0 aliphatic carbocycles. The van der Waals surface area contributed by atoms with E-state index in [0.717, 1.165) is 29.3 Å². The van der Waals surface area contributed by atoms with E-state index in [2.05, 4.69) is 15.5 Å². The Labute approximate surface area is 111 Å². The molecule has 2 aromatic heterocycles. The van der Waals surface area contributed by atoms with Crippen LogP contribution in [-0.4, -0.2) is 20.6 Å². The Morgan fingerprint density at radius 3 is 2.89 bits per heavy atom. The summed E-state index contributed by atoms with van der Waals surface area (Å²) in [4.78, 5) is 16.1. The average molecular weight is 262 g/mol. The van der Waals surface area contributed by atoms with Crippen molar-refractivity contribution in [2.45, 2.75) is 40.3 Å². The first kappa shape index (κ1) is 13.3. The summed E-state index contributed by atoms with van der Waals surface area (Å²) in [7, 11) is 0. The number of imidazole rings is 1. The van der Waals surface area contributed by atoms with Crippen molar-refractivity contribution in [2.75, 3.05) is 0 Å². The molecule has 6 heteroatoms. The minimum atomic E-state index is -0.0484. The van der Waals surface area contributed by atoms with Gasteiger partial charge in [0.2, 0.25) is 5.91 Å². The number of carbonyl (C=O) groups excluding carboxylic acids is 1. The molecule has 0 atom stereocenters. The van der Waals surface area contributed by atoms with Crippen LogP contribution in [0.1, 0.15) is 29.8 Å². The van der Waals surface area contributed by atoms with Crippen LogP contribution in [-0.2, 0) is 24.3 Å². The van der Waals surface area contributed by atoms with Crippen LogP contribution >= 0.6 is 0 Å². The molecule has 0 fully saturated rings. The third-order valence-electron chi connectivity index (χ3n) is 3.08. The largest absolute Gasteiger partial charge is 0.361 e. The summed E-state index contributed by atoms with van der Waals surface area (Å²) in [5, 5.41) is 6.72. The van der Waals surface area contributed by atoms with Gasteiger partial charge in [0.1, 0.15) is 18.1 Å². The van der Waals surface area contributed by atoms with Gasteiger partial charge in [0.15, 0.2) is 0 Å². The molecule has 102 valence electrons. The Hall–Kier alpha value is -2.11. The first-order chi connectivity index (χ1) is 9.11. The van der Waals surface area contributed by atoms with Crippen LogP contribution < -0.4 is 5.32 Å². The number of rotatable bonds is 5. The zero-order valence-corrected chi connectivity index (χ0v) is 11.4. The van der Waals surface area contributed by atoms with Crippen molar-refractivity contribution in [1.82, 2.24) is 20.0 Å². The van der Waals surface area contributed by atoms with Gasteiger partial charge in [-0.25, -0.2) is 4.98 Å². The topological polar surface area (TPSA) is 73.0 Å². The van der Waals surface area contributed by atoms with E-state index in [1.54, 1.807) is 6.20 Å². The molecule has 0 unspecified atom stereocenters. The van der Waals surface area contributed by atoms with Crippen molar-refractivity contribution >= 4 is 5.91 Å². The molecular weight excluding hydrogens is 244 g/mol. The molecule has 1 amide bonds. The lowest BCUT2D eigenvalue weighted by Gasteiger charge is -2.07. The number of aryl methyl sites for hydroxylation is 3. The number of nitrogens with zero attached hydrogens (tertiary/aromatic N) is 3. The Kier molecular flexibility index (Phi) is 3.99. The van der Waals surface area contributed by atoms with Crippen molar-refractivity contribution in [3.05, 3.63) is 35.2 Å². The van der Waals surface area contributed by atoms with E-state index in [0.29, 0.717) is 6.54 Å². The van der Waals surface area contributed by atoms with Gasteiger partial charge >= 0.3 is 0 Å². The lowest BCUT2D eigenvalue weighted by molar-refractivity contribution is -0.121. The Morgan fingerprint density at radius 1 is 1.47 bits per heavy atom. The van der Waals surface area contributed by atoms with Crippen LogP contribution in [0.2, 0.25) is 0 Å². The van der Waals surface area contributed by atoms with Crippen molar-refractivity contribution in [3.8, 4) is 0 Å². The van der Waals surface area contributed by atoms with E-state index in [4.69, 9.17) is 4.52 Å². The summed E-state index contributed by atoms with van der Waals surface area (Å²) in [6.45, 7) is 6.44. The summed E-state index contributed by atoms with van der Waals surface area (Å²) in [6.07, 6.45) is 4.33. The molecule has 2 heterocycles. The van der Waals surface area contributed by atoms with Gasteiger partial charge in [0.05, 0.1) is 5.69 Å². The normalized spacial score (nSPS) is 10.7. The number of amides is 1. The maximum absolute atomic E-state index is 11.9. The van der Waals surface area contributed by atoms with Gasteiger partial charge in [-0.05, 0) is 13.8 Å². The first-order valence-corrected chi connectivity index (χ1v) is 6.30. The highest BCUT2D eigenvalue weighted by atomic mass is 16.5. The molecule has 0 spiro atoms. The summed E-state index contributed by atoms with van der Waals surface area (Å²) in [6, 6.07) is 0. The van der Waals surface area contributed by atoms with Crippen molar-refractivity contribution in [3.63, 3.8) is 0 Å². The summed E-state index contributed by atoms with van der Waals surface area (Å²) in [5.41, 5.74) is 1.75. The monoisotopic (exact) mass is 262 g/mol. The minimum absolute atomic E-state index is 0.0484. The smallest absolute Gasteiger partial charge is 0.240 e. The van der Waals surface area contributed by atoms with E-state index in [-0.39, 0.29) is 12.5 Å². The molecule has 0 radical (unpaired) electrons. The van der Waals surface area contributed by atoms with Crippen LogP contribution in [0.4, 0.5) is 0 Å². The maximum atomic E-state index is 11.9. The van der Waals surface area contributed by atoms with E-state index in [9.17, 15) is 4.79 Å². The molecule has 1 N–H and O–H groups in total. The van der Waals surface area contributed by atoms with Crippen molar-refractivity contribution < 1.29 is 9.32 Å². The maximum Gasteiger partial charge on any atom is 0.240 e.